The van der Waals surface area contributed by atoms with Crippen molar-refractivity contribution in [1.82, 2.24) is 4.31 Å². The van der Waals surface area contributed by atoms with Crippen LogP contribution in [-0.2, 0) is 21.3 Å². The van der Waals surface area contributed by atoms with Gasteiger partial charge < -0.3 is 0 Å². The van der Waals surface area contributed by atoms with Crippen LogP contribution < -0.4 is 5.06 Å². The number of hydroxylamine groups is 1. The first kappa shape index (κ1) is 12.9. The topological polar surface area (TPSA) is 49.9 Å². The third-order valence-electron chi connectivity index (χ3n) is 3.83. The lowest BCUT2D eigenvalue weighted by Crippen LogP contribution is -2.28. The van der Waals surface area contributed by atoms with Gasteiger partial charge in [0.2, 0.25) is 10.0 Å². The summed E-state index contributed by atoms with van der Waals surface area (Å²) in [6.07, 6.45) is 2.80. The molecule has 0 aromatic heterocycles. The van der Waals surface area contributed by atoms with Crippen LogP contribution in [0.4, 0.5) is 5.69 Å². The molecular formula is C13H18N2O3S. The van der Waals surface area contributed by atoms with Gasteiger partial charge >= 0.3 is 0 Å². The average Bonchev–Trinajstić information content (AvgIpc) is 3.07. The fourth-order valence-corrected chi connectivity index (χ4v) is 4.29. The van der Waals surface area contributed by atoms with E-state index in [0.717, 1.165) is 37.1 Å². The van der Waals surface area contributed by atoms with Crippen molar-refractivity contribution in [2.75, 3.05) is 31.8 Å². The quantitative estimate of drug-likeness (QED) is 0.841. The van der Waals surface area contributed by atoms with E-state index in [1.165, 1.54) is 0 Å². The highest BCUT2D eigenvalue weighted by atomic mass is 32.2. The van der Waals surface area contributed by atoms with Crippen LogP contribution in [0, 0.1) is 0 Å². The average molecular weight is 282 g/mol. The molecule has 2 aliphatic rings. The SMILES string of the molecule is CON1CCc2ccc(S(=O)(=O)N3CCCC3)cc21. The summed E-state index contributed by atoms with van der Waals surface area (Å²) in [5.41, 5.74) is 2.02. The van der Waals surface area contributed by atoms with Crippen molar-refractivity contribution in [2.45, 2.75) is 24.2 Å². The monoisotopic (exact) mass is 282 g/mol. The van der Waals surface area contributed by atoms with E-state index in [9.17, 15) is 8.42 Å². The van der Waals surface area contributed by atoms with Gasteiger partial charge in [-0.15, -0.1) is 0 Å². The molecule has 0 N–H and O–H groups in total. The molecule has 1 fully saturated rings. The Morgan fingerprint density at radius 3 is 2.58 bits per heavy atom. The molecule has 0 bridgehead atoms. The van der Waals surface area contributed by atoms with Gasteiger partial charge in [0.25, 0.3) is 0 Å². The molecular weight excluding hydrogens is 264 g/mol. The van der Waals surface area contributed by atoms with Crippen LogP contribution in [0.1, 0.15) is 18.4 Å². The maximum atomic E-state index is 12.5. The van der Waals surface area contributed by atoms with E-state index < -0.39 is 10.0 Å². The molecule has 2 aliphatic heterocycles. The minimum atomic E-state index is -3.34. The predicted octanol–water partition coefficient (Wildman–Crippen LogP) is 1.39. The van der Waals surface area contributed by atoms with Crippen LogP contribution in [-0.4, -0.2) is 39.5 Å². The highest BCUT2D eigenvalue weighted by molar-refractivity contribution is 7.89. The molecule has 5 nitrogen and oxygen atoms in total. The summed E-state index contributed by atoms with van der Waals surface area (Å²) in [6.45, 7) is 2.04. The second kappa shape index (κ2) is 4.77. The van der Waals surface area contributed by atoms with Gasteiger partial charge in [0.05, 0.1) is 17.7 Å². The summed E-state index contributed by atoms with van der Waals surface area (Å²) in [7, 11) is -1.73. The largest absolute Gasteiger partial charge is 0.277 e. The zero-order valence-electron chi connectivity index (χ0n) is 11.0. The van der Waals surface area contributed by atoms with Crippen molar-refractivity contribution >= 4 is 15.7 Å². The molecule has 1 saturated heterocycles. The highest BCUT2D eigenvalue weighted by Crippen LogP contribution is 2.32. The lowest BCUT2D eigenvalue weighted by molar-refractivity contribution is 0.174. The minimum Gasteiger partial charge on any atom is -0.277 e. The van der Waals surface area contributed by atoms with Crippen LogP contribution in [0.3, 0.4) is 0 Å². The van der Waals surface area contributed by atoms with Crippen LogP contribution in [0.25, 0.3) is 0 Å². The van der Waals surface area contributed by atoms with Crippen molar-refractivity contribution in [1.29, 1.82) is 0 Å². The lowest BCUT2D eigenvalue weighted by atomic mass is 10.2. The molecule has 0 saturated carbocycles. The summed E-state index contributed by atoms with van der Waals surface area (Å²) in [4.78, 5) is 5.63. The maximum absolute atomic E-state index is 12.5. The highest BCUT2D eigenvalue weighted by Gasteiger charge is 2.29. The molecule has 0 aliphatic carbocycles. The van der Waals surface area contributed by atoms with Gasteiger partial charge in [-0.25, -0.2) is 8.42 Å². The van der Waals surface area contributed by atoms with Gasteiger partial charge in [0.15, 0.2) is 0 Å². The second-order valence-electron chi connectivity index (χ2n) is 4.94. The number of hydrogen-bond donors (Lipinski definition) is 0. The number of rotatable bonds is 3. The summed E-state index contributed by atoms with van der Waals surface area (Å²) < 4.78 is 26.6. The first-order valence-electron chi connectivity index (χ1n) is 6.57. The summed E-state index contributed by atoms with van der Waals surface area (Å²) in [6, 6.07) is 5.35. The molecule has 1 aromatic carbocycles. The van der Waals surface area contributed by atoms with E-state index in [2.05, 4.69) is 0 Å². The van der Waals surface area contributed by atoms with E-state index in [1.54, 1.807) is 28.6 Å². The van der Waals surface area contributed by atoms with Crippen molar-refractivity contribution < 1.29 is 13.3 Å². The van der Waals surface area contributed by atoms with E-state index >= 15 is 0 Å². The molecule has 0 radical (unpaired) electrons. The molecule has 104 valence electrons. The normalized spacial score (nSPS) is 19.9. The van der Waals surface area contributed by atoms with Crippen LogP contribution in [0.5, 0.6) is 0 Å². The first-order chi connectivity index (χ1) is 9.13. The van der Waals surface area contributed by atoms with Crippen LogP contribution >= 0.6 is 0 Å². The van der Waals surface area contributed by atoms with Crippen molar-refractivity contribution in [3.05, 3.63) is 23.8 Å². The molecule has 0 amide bonds. The molecule has 3 rings (SSSR count). The molecule has 6 heteroatoms. The Labute approximate surface area is 113 Å². The third-order valence-corrected chi connectivity index (χ3v) is 5.73. The van der Waals surface area contributed by atoms with Gasteiger partial charge in [-0.05, 0) is 37.0 Å². The van der Waals surface area contributed by atoms with Crippen LogP contribution in [0.15, 0.2) is 23.1 Å². The number of nitrogens with zero attached hydrogens (tertiary/aromatic N) is 2. The lowest BCUT2D eigenvalue weighted by Gasteiger charge is -2.19. The summed E-state index contributed by atoms with van der Waals surface area (Å²) in [5.74, 6) is 0. The molecule has 0 unspecified atom stereocenters. The Kier molecular flexibility index (Phi) is 3.24. The van der Waals surface area contributed by atoms with E-state index in [0.29, 0.717) is 18.0 Å². The van der Waals surface area contributed by atoms with Crippen LogP contribution in [0.2, 0.25) is 0 Å². The second-order valence-corrected chi connectivity index (χ2v) is 6.87. The predicted molar refractivity (Wildman–Crippen MR) is 72.5 cm³/mol. The Morgan fingerprint density at radius 1 is 1.16 bits per heavy atom. The first-order valence-corrected chi connectivity index (χ1v) is 8.01. The number of hydrogen-bond acceptors (Lipinski definition) is 4. The molecule has 0 spiro atoms. The zero-order valence-corrected chi connectivity index (χ0v) is 11.8. The van der Waals surface area contributed by atoms with Crippen molar-refractivity contribution in [2.24, 2.45) is 0 Å². The molecule has 1 aromatic rings. The fraction of sp³-hybridized carbons (Fsp3) is 0.538. The Balaban J connectivity index is 1.98. The van der Waals surface area contributed by atoms with Gasteiger partial charge in [-0.3, -0.25) is 9.90 Å². The minimum absolute atomic E-state index is 0.372. The Hall–Kier alpha value is -1.11. The van der Waals surface area contributed by atoms with Gasteiger partial charge in [0, 0.05) is 19.6 Å². The zero-order chi connectivity index (χ0) is 13.5. The standard InChI is InChI=1S/C13H18N2O3S/c1-18-15-9-6-11-4-5-12(10-13(11)15)19(16,17)14-7-2-3-8-14/h4-5,10H,2-3,6-9H2,1H3. The number of fused-ring (bicyclic) bond motifs is 1. The molecule has 0 atom stereocenters. The van der Waals surface area contributed by atoms with Gasteiger partial charge in [-0.1, -0.05) is 6.07 Å². The number of benzene rings is 1. The van der Waals surface area contributed by atoms with Crippen molar-refractivity contribution in [3.63, 3.8) is 0 Å². The Morgan fingerprint density at radius 2 is 1.89 bits per heavy atom. The third kappa shape index (κ3) is 2.13. The fourth-order valence-electron chi connectivity index (χ4n) is 2.76. The van der Waals surface area contributed by atoms with E-state index in [4.69, 9.17) is 4.84 Å². The molecule has 19 heavy (non-hydrogen) atoms. The number of sulfonamides is 1. The summed E-state index contributed by atoms with van der Waals surface area (Å²) in [5, 5.41) is 1.75. The summed E-state index contributed by atoms with van der Waals surface area (Å²) >= 11 is 0. The smallest absolute Gasteiger partial charge is 0.243 e. The van der Waals surface area contributed by atoms with E-state index in [-0.39, 0.29) is 0 Å². The van der Waals surface area contributed by atoms with Gasteiger partial charge in [-0.2, -0.15) is 4.31 Å². The number of anilines is 1. The maximum Gasteiger partial charge on any atom is 0.243 e. The molecule has 2 heterocycles. The van der Waals surface area contributed by atoms with E-state index in [1.807, 2.05) is 6.07 Å². The Bertz CT molecular complexity index is 580. The van der Waals surface area contributed by atoms with Gasteiger partial charge in [0.1, 0.15) is 0 Å². The van der Waals surface area contributed by atoms with Crippen molar-refractivity contribution in [3.8, 4) is 0 Å².